The highest BCUT2D eigenvalue weighted by molar-refractivity contribution is 6.30. The number of fused-ring (bicyclic) bond motifs is 2. The highest BCUT2D eigenvalue weighted by Gasteiger charge is 2.44. The SMILES string of the molecule is COc1ncc(-c2nc3c(n2C)C(c2ccc(Cl)cc2)N(c2cc(OC)c4nnc(C)n4c2)C3=O)c(OC)n1. The van der Waals surface area contributed by atoms with Gasteiger partial charge in [0.25, 0.3) is 5.91 Å². The first kappa shape index (κ1) is 24.6. The van der Waals surface area contributed by atoms with Gasteiger partial charge in [0.2, 0.25) is 11.5 Å². The molecule has 1 atom stereocenters. The zero-order valence-electron chi connectivity index (χ0n) is 21.7. The molecule has 0 saturated carbocycles. The third kappa shape index (κ3) is 3.75. The molecule has 1 unspecified atom stereocenters. The van der Waals surface area contributed by atoms with Crippen molar-refractivity contribution in [1.82, 2.24) is 34.1 Å². The molecule has 0 saturated heterocycles. The van der Waals surface area contributed by atoms with Gasteiger partial charge in [0.05, 0.1) is 38.3 Å². The van der Waals surface area contributed by atoms with Crippen LogP contribution in [0, 0.1) is 6.92 Å². The molecule has 0 spiro atoms. The first-order chi connectivity index (χ1) is 18.9. The summed E-state index contributed by atoms with van der Waals surface area (Å²) in [7, 11) is 6.37. The minimum atomic E-state index is -0.528. The lowest BCUT2D eigenvalue weighted by atomic mass is 10.0. The smallest absolute Gasteiger partial charge is 0.319 e. The highest BCUT2D eigenvalue weighted by atomic mass is 35.5. The number of carbonyl (C=O) groups is 1. The van der Waals surface area contributed by atoms with Crippen LogP contribution in [0.15, 0.2) is 42.7 Å². The van der Waals surface area contributed by atoms with E-state index in [1.165, 1.54) is 14.2 Å². The van der Waals surface area contributed by atoms with Crippen molar-refractivity contribution in [3.8, 4) is 29.0 Å². The number of pyridine rings is 1. The molecule has 5 aromatic rings. The molecule has 6 rings (SSSR count). The van der Waals surface area contributed by atoms with E-state index in [2.05, 4.69) is 20.2 Å². The molecular weight excluding hydrogens is 524 g/mol. The van der Waals surface area contributed by atoms with Crippen LogP contribution in [0.5, 0.6) is 17.6 Å². The molecule has 1 amide bonds. The van der Waals surface area contributed by atoms with Crippen LogP contribution in [0.2, 0.25) is 5.02 Å². The maximum absolute atomic E-state index is 14.1. The predicted octanol–water partition coefficient (Wildman–Crippen LogP) is 3.66. The number of hydrogen-bond acceptors (Lipinski definition) is 9. The zero-order valence-corrected chi connectivity index (χ0v) is 22.5. The Balaban J connectivity index is 1.56. The van der Waals surface area contributed by atoms with Crippen molar-refractivity contribution < 1.29 is 19.0 Å². The number of hydrogen-bond donors (Lipinski definition) is 0. The van der Waals surface area contributed by atoms with Gasteiger partial charge < -0.3 is 18.8 Å². The fourth-order valence-corrected chi connectivity index (χ4v) is 5.02. The van der Waals surface area contributed by atoms with Gasteiger partial charge in [-0.25, -0.2) is 9.97 Å². The van der Waals surface area contributed by atoms with Gasteiger partial charge in [-0.15, -0.1) is 10.2 Å². The quantitative estimate of drug-likeness (QED) is 0.314. The number of methoxy groups -OCH3 is 3. The molecule has 5 heterocycles. The highest BCUT2D eigenvalue weighted by Crippen LogP contribution is 2.44. The van der Waals surface area contributed by atoms with Crippen molar-refractivity contribution in [2.75, 3.05) is 26.2 Å². The van der Waals surface area contributed by atoms with Crippen LogP contribution in [0.3, 0.4) is 0 Å². The normalized spacial score (nSPS) is 14.7. The van der Waals surface area contributed by atoms with E-state index in [0.717, 1.165) is 5.56 Å². The van der Waals surface area contributed by atoms with Crippen LogP contribution in [-0.2, 0) is 7.05 Å². The molecule has 4 aromatic heterocycles. The Morgan fingerprint density at radius 2 is 1.77 bits per heavy atom. The van der Waals surface area contributed by atoms with Gasteiger partial charge in [-0.3, -0.25) is 14.1 Å². The number of benzene rings is 1. The second-order valence-corrected chi connectivity index (χ2v) is 9.28. The lowest BCUT2D eigenvalue weighted by Crippen LogP contribution is -2.30. The van der Waals surface area contributed by atoms with E-state index in [9.17, 15) is 4.79 Å². The molecule has 0 aliphatic carbocycles. The summed E-state index contributed by atoms with van der Waals surface area (Å²) in [6.07, 6.45) is 3.39. The Hall–Kier alpha value is -4.71. The Morgan fingerprint density at radius 3 is 2.46 bits per heavy atom. The summed E-state index contributed by atoms with van der Waals surface area (Å²) in [5, 5.41) is 8.95. The van der Waals surface area contributed by atoms with Crippen LogP contribution < -0.4 is 19.1 Å². The number of halogens is 1. The van der Waals surface area contributed by atoms with Crippen LogP contribution >= 0.6 is 11.6 Å². The number of imidazole rings is 1. The maximum atomic E-state index is 14.1. The number of nitrogens with zero attached hydrogens (tertiary/aromatic N) is 8. The molecule has 0 bridgehead atoms. The Kier molecular flexibility index (Phi) is 5.83. The average Bonchev–Trinajstić information content (AvgIpc) is 3.59. The summed E-state index contributed by atoms with van der Waals surface area (Å²) in [6.45, 7) is 1.83. The van der Waals surface area contributed by atoms with E-state index in [1.807, 2.05) is 36.9 Å². The van der Waals surface area contributed by atoms with Crippen molar-refractivity contribution >= 4 is 28.8 Å². The number of amides is 1. The molecular formula is C26H23ClN8O4. The van der Waals surface area contributed by atoms with Gasteiger partial charge in [-0.05, 0) is 24.6 Å². The molecule has 13 heteroatoms. The first-order valence-electron chi connectivity index (χ1n) is 11.9. The predicted molar refractivity (Wildman–Crippen MR) is 142 cm³/mol. The molecule has 0 N–H and O–H groups in total. The van der Waals surface area contributed by atoms with Crippen LogP contribution in [-0.4, -0.2) is 61.4 Å². The van der Waals surface area contributed by atoms with E-state index >= 15 is 0 Å². The number of carbonyl (C=O) groups excluding carboxylic acids is 1. The van der Waals surface area contributed by atoms with Gasteiger partial charge >= 0.3 is 6.01 Å². The minimum Gasteiger partial charge on any atom is -0.493 e. The number of rotatable bonds is 6. The largest absolute Gasteiger partial charge is 0.493 e. The van der Waals surface area contributed by atoms with Crippen molar-refractivity contribution in [2.45, 2.75) is 13.0 Å². The molecule has 198 valence electrons. The second-order valence-electron chi connectivity index (χ2n) is 8.84. The molecule has 12 nitrogen and oxygen atoms in total. The molecule has 1 aliphatic rings. The Bertz CT molecular complexity index is 1750. The third-order valence-electron chi connectivity index (χ3n) is 6.74. The van der Waals surface area contributed by atoms with Crippen LogP contribution in [0.25, 0.3) is 17.0 Å². The van der Waals surface area contributed by atoms with E-state index in [0.29, 0.717) is 50.7 Å². The number of ether oxygens (including phenoxy) is 3. The Morgan fingerprint density at radius 1 is 1.00 bits per heavy atom. The number of aryl methyl sites for hydroxylation is 1. The second kappa shape index (κ2) is 9.24. The summed E-state index contributed by atoms with van der Waals surface area (Å²) in [6, 6.07) is 8.79. The van der Waals surface area contributed by atoms with E-state index in [4.69, 9.17) is 30.8 Å². The summed E-state index contributed by atoms with van der Waals surface area (Å²) >= 11 is 6.21. The number of aromatic nitrogens is 7. The van der Waals surface area contributed by atoms with Crippen molar-refractivity contribution in [2.24, 2.45) is 7.05 Å². The monoisotopic (exact) mass is 546 g/mol. The molecule has 0 radical (unpaired) electrons. The molecule has 1 aromatic carbocycles. The van der Waals surface area contributed by atoms with E-state index in [1.54, 1.807) is 40.8 Å². The maximum Gasteiger partial charge on any atom is 0.319 e. The summed E-state index contributed by atoms with van der Waals surface area (Å²) in [5.41, 5.74) is 3.50. The lowest BCUT2D eigenvalue weighted by Gasteiger charge is -2.27. The topological polar surface area (TPSA) is 122 Å². The third-order valence-corrected chi connectivity index (χ3v) is 6.99. The number of anilines is 1. The van der Waals surface area contributed by atoms with Crippen LogP contribution in [0.4, 0.5) is 5.69 Å². The zero-order chi connectivity index (χ0) is 27.4. The summed E-state index contributed by atoms with van der Waals surface area (Å²) in [5.74, 6) is 1.62. The van der Waals surface area contributed by atoms with Crippen molar-refractivity contribution in [3.05, 3.63) is 70.5 Å². The van der Waals surface area contributed by atoms with Gasteiger partial charge in [0, 0.05) is 30.5 Å². The van der Waals surface area contributed by atoms with Gasteiger partial charge in [-0.1, -0.05) is 23.7 Å². The fraction of sp³-hybridized carbons (Fsp3) is 0.231. The molecule has 39 heavy (non-hydrogen) atoms. The molecule has 0 fully saturated rings. The van der Waals surface area contributed by atoms with E-state index < -0.39 is 6.04 Å². The lowest BCUT2D eigenvalue weighted by molar-refractivity contribution is 0.0989. The van der Waals surface area contributed by atoms with Gasteiger partial charge in [0.1, 0.15) is 17.7 Å². The van der Waals surface area contributed by atoms with Crippen molar-refractivity contribution in [3.63, 3.8) is 0 Å². The average molecular weight is 547 g/mol. The molecule has 1 aliphatic heterocycles. The first-order valence-corrected chi connectivity index (χ1v) is 12.2. The summed E-state index contributed by atoms with van der Waals surface area (Å²) in [4.78, 5) is 29.1. The Labute approximate surface area is 227 Å². The van der Waals surface area contributed by atoms with Crippen LogP contribution in [0.1, 0.15) is 33.6 Å². The van der Waals surface area contributed by atoms with Gasteiger partial charge in [-0.2, -0.15) is 4.98 Å². The fourth-order valence-electron chi connectivity index (χ4n) is 4.89. The minimum absolute atomic E-state index is 0.160. The van der Waals surface area contributed by atoms with E-state index in [-0.39, 0.29) is 17.8 Å². The standard InChI is InChI=1S/C26H23ClN8O4/c1-13-31-32-23-18(37-3)10-16(12-34(13)23)35-20(14-6-8-15(27)9-7-14)21-19(25(35)36)29-22(33(21)2)17-11-28-26(39-5)30-24(17)38-4/h6-12,20H,1-5H3. The van der Waals surface area contributed by atoms with Gasteiger partial charge in [0.15, 0.2) is 11.4 Å². The van der Waals surface area contributed by atoms with Crippen molar-refractivity contribution in [1.29, 1.82) is 0 Å². The summed E-state index contributed by atoms with van der Waals surface area (Å²) < 4.78 is 19.9.